The van der Waals surface area contributed by atoms with Crippen molar-refractivity contribution in [2.45, 2.75) is 32.4 Å². The molecule has 1 aliphatic carbocycles. The number of sulfonamides is 1. The molecule has 0 amide bonds. The van der Waals surface area contributed by atoms with Crippen LogP contribution in [0.2, 0.25) is 0 Å². The fraction of sp³-hybridized carbons (Fsp3) is 0.571. The first-order valence-electron chi connectivity index (χ1n) is 6.62. The lowest BCUT2D eigenvalue weighted by atomic mass is 10.2. The third-order valence-electron chi connectivity index (χ3n) is 3.25. The van der Waals surface area contributed by atoms with Gasteiger partial charge in [-0.2, -0.15) is 4.31 Å². The molecule has 19 heavy (non-hydrogen) atoms. The normalized spacial score (nSPS) is 17.6. The van der Waals surface area contributed by atoms with Crippen LogP contribution in [0, 0.1) is 5.92 Å². The molecule has 0 radical (unpaired) electrons. The van der Waals surface area contributed by atoms with Crippen LogP contribution < -0.4 is 0 Å². The molecule has 0 bridgehead atoms. The Kier molecular flexibility index (Phi) is 4.87. The van der Waals surface area contributed by atoms with Crippen LogP contribution in [0.15, 0.2) is 30.3 Å². The number of hydrogen-bond donors (Lipinski definition) is 0. The maximum atomic E-state index is 12.5. The second-order valence-electron chi connectivity index (χ2n) is 5.30. The Bertz CT molecular complexity index is 499. The van der Waals surface area contributed by atoms with Crippen LogP contribution in [-0.4, -0.2) is 30.4 Å². The van der Waals surface area contributed by atoms with Crippen molar-refractivity contribution in [2.24, 2.45) is 5.92 Å². The van der Waals surface area contributed by atoms with Gasteiger partial charge in [0, 0.05) is 18.5 Å². The first-order valence-corrected chi connectivity index (χ1v) is 8.76. The topological polar surface area (TPSA) is 37.4 Å². The average Bonchev–Trinajstić information content (AvgIpc) is 3.20. The predicted molar refractivity (Wildman–Crippen MR) is 78.7 cm³/mol. The molecular formula is C14H20ClNO2S. The van der Waals surface area contributed by atoms with E-state index >= 15 is 0 Å². The molecular weight excluding hydrogens is 282 g/mol. The molecule has 1 aliphatic rings. The number of nitrogens with zero attached hydrogens (tertiary/aromatic N) is 1. The summed E-state index contributed by atoms with van der Waals surface area (Å²) >= 11 is 5.74. The van der Waals surface area contributed by atoms with E-state index < -0.39 is 10.0 Å². The number of rotatable bonds is 7. The fourth-order valence-corrected chi connectivity index (χ4v) is 4.36. The van der Waals surface area contributed by atoms with E-state index in [9.17, 15) is 8.42 Å². The van der Waals surface area contributed by atoms with Gasteiger partial charge in [-0.05, 0) is 24.3 Å². The summed E-state index contributed by atoms with van der Waals surface area (Å²) in [6.07, 6.45) is 1.95. The molecule has 0 aromatic heterocycles. The van der Waals surface area contributed by atoms with E-state index in [0.717, 1.165) is 18.4 Å². The van der Waals surface area contributed by atoms with Crippen molar-refractivity contribution in [1.29, 1.82) is 0 Å². The molecule has 106 valence electrons. The maximum Gasteiger partial charge on any atom is 0.214 e. The first kappa shape index (κ1) is 14.8. The Balaban J connectivity index is 2.12. The van der Waals surface area contributed by atoms with E-state index in [1.54, 1.807) is 4.31 Å². The highest BCUT2D eigenvalue weighted by Crippen LogP contribution is 2.31. The molecule has 5 heteroatoms. The van der Waals surface area contributed by atoms with Crippen molar-refractivity contribution in [1.82, 2.24) is 4.31 Å². The van der Waals surface area contributed by atoms with E-state index in [4.69, 9.17) is 11.6 Å². The highest BCUT2D eigenvalue weighted by Gasteiger charge is 2.37. The molecule has 1 unspecified atom stereocenters. The van der Waals surface area contributed by atoms with E-state index in [0.29, 0.717) is 12.4 Å². The zero-order valence-electron chi connectivity index (χ0n) is 11.1. The van der Waals surface area contributed by atoms with Gasteiger partial charge in [0.25, 0.3) is 0 Å². The van der Waals surface area contributed by atoms with Crippen molar-refractivity contribution < 1.29 is 8.42 Å². The van der Waals surface area contributed by atoms with Gasteiger partial charge in [-0.1, -0.05) is 37.3 Å². The molecule has 1 atom stereocenters. The van der Waals surface area contributed by atoms with Gasteiger partial charge < -0.3 is 0 Å². The standard InChI is InChI=1S/C14H20ClNO2S/c1-12(9-15)11-19(17,18)16(14-7-8-14)10-13-5-3-2-4-6-13/h2-6,12,14H,7-11H2,1H3. The lowest BCUT2D eigenvalue weighted by Gasteiger charge is -2.23. The summed E-state index contributed by atoms with van der Waals surface area (Å²) in [5, 5.41) is 0. The van der Waals surface area contributed by atoms with Crippen molar-refractivity contribution >= 4 is 21.6 Å². The summed E-state index contributed by atoms with van der Waals surface area (Å²) in [5.41, 5.74) is 1.04. The van der Waals surface area contributed by atoms with Gasteiger partial charge >= 0.3 is 0 Å². The predicted octanol–water partition coefficient (Wildman–Crippen LogP) is 2.86. The Morgan fingerprint density at radius 1 is 1.32 bits per heavy atom. The smallest absolute Gasteiger partial charge is 0.212 e. The molecule has 0 spiro atoms. The van der Waals surface area contributed by atoms with Crippen LogP contribution in [0.3, 0.4) is 0 Å². The van der Waals surface area contributed by atoms with Crippen molar-refractivity contribution in [3.05, 3.63) is 35.9 Å². The van der Waals surface area contributed by atoms with Crippen LogP contribution in [0.4, 0.5) is 0 Å². The summed E-state index contributed by atoms with van der Waals surface area (Å²) in [7, 11) is -3.22. The summed E-state index contributed by atoms with van der Waals surface area (Å²) in [5.74, 6) is 0.506. The number of alkyl halides is 1. The van der Waals surface area contributed by atoms with Crippen LogP contribution >= 0.6 is 11.6 Å². The molecule has 1 saturated carbocycles. The molecule has 0 aliphatic heterocycles. The van der Waals surface area contributed by atoms with E-state index in [-0.39, 0.29) is 17.7 Å². The second kappa shape index (κ2) is 6.25. The largest absolute Gasteiger partial charge is 0.214 e. The zero-order chi connectivity index (χ0) is 13.9. The highest BCUT2D eigenvalue weighted by atomic mass is 35.5. The van der Waals surface area contributed by atoms with E-state index in [2.05, 4.69) is 0 Å². The third-order valence-corrected chi connectivity index (χ3v) is 5.91. The summed E-state index contributed by atoms with van der Waals surface area (Å²) in [6, 6.07) is 9.94. The number of benzene rings is 1. The summed E-state index contributed by atoms with van der Waals surface area (Å²) in [4.78, 5) is 0. The highest BCUT2D eigenvalue weighted by molar-refractivity contribution is 7.89. The molecule has 1 aromatic carbocycles. The van der Waals surface area contributed by atoms with Crippen LogP contribution in [0.25, 0.3) is 0 Å². The first-order chi connectivity index (χ1) is 9.03. The molecule has 0 N–H and O–H groups in total. The minimum Gasteiger partial charge on any atom is -0.212 e. The van der Waals surface area contributed by atoms with E-state index in [1.165, 1.54) is 0 Å². The number of hydrogen-bond acceptors (Lipinski definition) is 2. The van der Waals surface area contributed by atoms with Gasteiger partial charge in [0.1, 0.15) is 0 Å². The minimum atomic E-state index is -3.22. The van der Waals surface area contributed by atoms with Crippen LogP contribution in [0.5, 0.6) is 0 Å². The average molecular weight is 302 g/mol. The maximum absolute atomic E-state index is 12.5. The Morgan fingerprint density at radius 2 is 1.95 bits per heavy atom. The summed E-state index contributed by atoms with van der Waals surface area (Å²) in [6.45, 7) is 2.35. The van der Waals surface area contributed by atoms with Crippen molar-refractivity contribution in [3.8, 4) is 0 Å². The van der Waals surface area contributed by atoms with Gasteiger partial charge in [-0.15, -0.1) is 11.6 Å². The molecule has 0 saturated heterocycles. The Morgan fingerprint density at radius 3 is 2.47 bits per heavy atom. The quantitative estimate of drug-likeness (QED) is 0.726. The lowest BCUT2D eigenvalue weighted by molar-refractivity contribution is 0.395. The van der Waals surface area contributed by atoms with Gasteiger partial charge in [0.2, 0.25) is 10.0 Å². The van der Waals surface area contributed by atoms with Crippen LogP contribution in [-0.2, 0) is 16.6 Å². The van der Waals surface area contributed by atoms with Crippen molar-refractivity contribution in [2.75, 3.05) is 11.6 Å². The monoisotopic (exact) mass is 301 g/mol. The van der Waals surface area contributed by atoms with Gasteiger partial charge in [-0.3, -0.25) is 0 Å². The fourth-order valence-electron chi connectivity index (χ4n) is 2.08. The molecule has 2 rings (SSSR count). The third kappa shape index (κ3) is 4.20. The second-order valence-corrected chi connectivity index (χ2v) is 7.57. The van der Waals surface area contributed by atoms with Crippen molar-refractivity contribution in [3.63, 3.8) is 0 Å². The minimum absolute atomic E-state index is 0.0105. The number of halogens is 1. The SMILES string of the molecule is CC(CCl)CS(=O)(=O)N(Cc1ccccc1)C1CC1. The van der Waals surface area contributed by atoms with Crippen LogP contribution in [0.1, 0.15) is 25.3 Å². The molecule has 0 heterocycles. The zero-order valence-corrected chi connectivity index (χ0v) is 12.7. The summed E-state index contributed by atoms with van der Waals surface area (Å²) < 4.78 is 26.6. The molecule has 1 aromatic rings. The van der Waals surface area contributed by atoms with Gasteiger partial charge in [-0.25, -0.2) is 8.42 Å². The molecule has 1 fully saturated rings. The van der Waals surface area contributed by atoms with Gasteiger partial charge in [0.15, 0.2) is 0 Å². The lowest BCUT2D eigenvalue weighted by Crippen LogP contribution is -2.36. The van der Waals surface area contributed by atoms with Gasteiger partial charge in [0.05, 0.1) is 5.75 Å². The Labute approximate surface area is 120 Å². The molecule has 3 nitrogen and oxygen atoms in total. The Hall–Kier alpha value is -0.580. The van der Waals surface area contributed by atoms with E-state index in [1.807, 2.05) is 37.3 Å².